The van der Waals surface area contributed by atoms with Crippen molar-refractivity contribution in [2.24, 2.45) is 0 Å². The highest BCUT2D eigenvalue weighted by atomic mass is 16.3. The molecular formula is C25H24N2O3. The van der Waals surface area contributed by atoms with Crippen LogP contribution in [0.5, 0.6) is 0 Å². The molecule has 2 aromatic heterocycles. The van der Waals surface area contributed by atoms with Gasteiger partial charge in [-0.3, -0.25) is 4.79 Å². The minimum atomic E-state index is 0.184. The molecule has 2 aromatic carbocycles. The van der Waals surface area contributed by atoms with E-state index >= 15 is 0 Å². The number of nitrogens with zero attached hydrogens (tertiary/aromatic N) is 2. The minimum Gasteiger partial charge on any atom is -0.461 e. The number of hydrogen-bond acceptors (Lipinski definition) is 4. The van der Waals surface area contributed by atoms with Crippen LogP contribution in [-0.4, -0.2) is 28.9 Å². The van der Waals surface area contributed by atoms with Crippen LogP contribution in [0.15, 0.2) is 75.6 Å². The summed E-state index contributed by atoms with van der Waals surface area (Å²) in [6.07, 6.45) is 2.86. The van der Waals surface area contributed by atoms with Crippen LogP contribution in [0.2, 0.25) is 0 Å². The van der Waals surface area contributed by atoms with Crippen LogP contribution >= 0.6 is 0 Å². The predicted molar refractivity (Wildman–Crippen MR) is 115 cm³/mol. The van der Waals surface area contributed by atoms with Crippen molar-refractivity contribution >= 4 is 17.0 Å². The second-order valence-corrected chi connectivity index (χ2v) is 7.81. The molecule has 1 aliphatic rings. The molecule has 1 fully saturated rings. The number of piperidine rings is 1. The number of aromatic nitrogens is 1. The Bertz CT molecular complexity index is 1100. The quantitative estimate of drug-likeness (QED) is 0.448. The Morgan fingerprint density at radius 2 is 1.70 bits per heavy atom. The van der Waals surface area contributed by atoms with Crippen molar-refractivity contribution in [1.29, 1.82) is 0 Å². The molecule has 0 N–H and O–H groups in total. The van der Waals surface area contributed by atoms with Gasteiger partial charge in [0.2, 0.25) is 5.91 Å². The van der Waals surface area contributed by atoms with Crippen LogP contribution in [0, 0.1) is 0 Å². The first-order chi connectivity index (χ1) is 14.8. The number of amides is 1. The Morgan fingerprint density at radius 3 is 2.50 bits per heavy atom. The van der Waals surface area contributed by atoms with Crippen molar-refractivity contribution in [3.8, 4) is 11.3 Å². The number of furan rings is 1. The van der Waals surface area contributed by atoms with Gasteiger partial charge in [-0.25, -0.2) is 4.98 Å². The molecule has 1 amide bonds. The SMILES string of the molecule is O=C(CCc1ccc(-c2ccccc2)o1)N1CCC(c2nc3ccccc3o2)CC1. The second-order valence-electron chi connectivity index (χ2n) is 7.81. The van der Waals surface area contributed by atoms with Crippen molar-refractivity contribution in [1.82, 2.24) is 9.88 Å². The summed E-state index contributed by atoms with van der Waals surface area (Å²) < 4.78 is 11.8. The van der Waals surface area contributed by atoms with Crippen LogP contribution in [0.4, 0.5) is 0 Å². The summed E-state index contributed by atoms with van der Waals surface area (Å²) in [6, 6.07) is 21.8. The van der Waals surface area contributed by atoms with Crippen molar-refractivity contribution in [2.75, 3.05) is 13.1 Å². The molecule has 30 heavy (non-hydrogen) atoms. The molecule has 4 aromatic rings. The zero-order chi connectivity index (χ0) is 20.3. The van der Waals surface area contributed by atoms with Crippen LogP contribution in [-0.2, 0) is 11.2 Å². The van der Waals surface area contributed by atoms with Gasteiger partial charge in [-0.2, -0.15) is 0 Å². The van der Waals surface area contributed by atoms with Crippen molar-refractivity contribution < 1.29 is 13.6 Å². The van der Waals surface area contributed by atoms with E-state index in [1.54, 1.807) is 0 Å². The fourth-order valence-corrected chi connectivity index (χ4v) is 4.10. The molecule has 0 spiro atoms. The van der Waals surface area contributed by atoms with E-state index in [9.17, 15) is 4.79 Å². The van der Waals surface area contributed by atoms with E-state index in [0.29, 0.717) is 12.8 Å². The first-order valence-corrected chi connectivity index (χ1v) is 10.5. The summed E-state index contributed by atoms with van der Waals surface area (Å²) in [5.74, 6) is 2.96. The standard InChI is InChI=1S/C25H24N2O3/c28-24(13-11-20-10-12-22(29-20)18-6-2-1-3-7-18)27-16-14-19(15-17-27)25-26-21-8-4-5-9-23(21)30-25/h1-10,12,19H,11,13-17H2. The molecule has 1 saturated heterocycles. The van der Waals surface area contributed by atoms with Gasteiger partial charge >= 0.3 is 0 Å². The van der Waals surface area contributed by atoms with Crippen LogP contribution in [0.1, 0.15) is 36.8 Å². The smallest absolute Gasteiger partial charge is 0.223 e. The van der Waals surface area contributed by atoms with Crippen molar-refractivity contribution in [3.05, 3.63) is 78.4 Å². The van der Waals surface area contributed by atoms with Crippen LogP contribution in [0.25, 0.3) is 22.4 Å². The number of benzene rings is 2. The fourth-order valence-electron chi connectivity index (χ4n) is 4.10. The van der Waals surface area contributed by atoms with Crippen molar-refractivity contribution in [2.45, 2.75) is 31.6 Å². The van der Waals surface area contributed by atoms with E-state index in [2.05, 4.69) is 4.98 Å². The summed E-state index contributed by atoms with van der Waals surface area (Å²) in [5, 5.41) is 0. The van der Waals surface area contributed by atoms with Gasteiger partial charge < -0.3 is 13.7 Å². The third kappa shape index (κ3) is 3.88. The summed E-state index contributed by atoms with van der Waals surface area (Å²) in [4.78, 5) is 19.3. The second kappa shape index (κ2) is 8.19. The molecular weight excluding hydrogens is 376 g/mol. The van der Waals surface area contributed by atoms with Crippen molar-refractivity contribution in [3.63, 3.8) is 0 Å². The van der Waals surface area contributed by atoms with E-state index in [-0.39, 0.29) is 11.8 Å². The molecule has 0 saturated carbocycles. The van der Waals surface area contributed by atoms with E-state index in [0.717, 1.165) is 60.0 Å². The van der Waals surface area contributed by atoms with Gasteiger partial charge in [-0.05, 0) is 37.1 Å². The maximum absolute atomic E-state index is 12.7. The highest BCUT2D eigenvalue weighted by Gasteiger charge is 2.27. The molecule has 5 heteroatoms. The lowest BCUT2D eigenvalue weighted by molar-refractivity contribution is -0.132. The monoisotopic (exact) mass is 400 g/mol. The lowest BCUT2D eigenvalue weighted by Gasteiger charge is -2.30. The maximum atomic E-state index is 12.7. The molecule has 152 valence electrons. The predicted octanol–water partition coefficient (Wildman–Crippen LogP) is 5.43. The molecule has 5 rings (SSSR count). The van der Waals surface area contributed by atoms with Gasteiger partial charge in [0.1, 0.15) is 17.0 Å². The number of likely N-dealkylation sites (tertiary alicyclic amines) is 1. The first kappa shape index (κ1) is 18.7. The Kier molecular flexibility index (Phi) is 5.10. The number of hydrogen-bond donors (Lipinski definition) is 0. The number of carbonyl (C=O) groups is 1. The van der Waals surface area contributed by atoms with Crippen LogP contribution < -0.4 is 0 Å². The molecule has 3 heterocycles. The third-order valence-electron chi connectivity index (χ3n) is 5.81. The Balaban J connectivity index is 1.14. The lowest BCUT2D eigenvalue weighted by Crippen LogP contribution is -2.38. The normalized spacial score (nSPS) is 15.0. The number of fused-ring (bicyclic) bond motifs is 1. The third-order valence-corrected chi connectivity index (χ3v) is 5.81. The zero-order valence-corrected chi connectivity index (χ0v) is 16.8. The van der Waals surface area contributed by atoms with E-state index in [1.165, 1.54) is 0 Å². The molecule has 1 aliphatic heterocycles. The molecule has 0 bridgehead atoms. The van der Waals surface area contributed by atoms with E-state index in [1.807, 2.05) is 71.6 Å². The highest BCUT2D eigenvalue weighted by Crippen LogP contribution is 2.30. The van der Waals surface area contributed by atoms with Gasteiger partial charge in [0.05, 0.1) is 0 Å². The van der Waals surface area contributed by atoms with Gasteiger partial charge in [-0.15, -0.1) is 0 Å². The van der Waals surface area contributed by atoms with Gasteiger partial charge in [0, 0.05) is 37.4 Å². The summed E-state index contributed by atoms with van der Waals surface area (Å²) in [6.45, 7) is 1.49. The number of aryl methyl sites for hydroxylation is 1. The van der Waals surface area contributed by atoms with Gasteiger partial charge in [-0.1, -0.05) is 42.5 Å². The van der Waals surface area contributed by atoms with E-state index < -0.39 is 0 Å². The number of oxazole rings is 1. The fraction of sp³-hybridized carbons (Fsp3) is 0.280. The number of rotatable bonds is 5. The minimum absolute atomic E-state index is 0.184. The topological polar surface area (TPSA) is 59.5 Å². The van der Waals surface area contributed by atoms with Gasteiger partial charge in [0.25, 0.3) is 0 Å². The Labute approximate surface area is 175 Å². The average molecular weight is 400 g/mol. The molecule has 0 aliphatic carbocycles. The summed E-state index contributed by atoms with van der Waals surface area (Å²) in [7, 11) is 0. The summed E-state index contributed by atoms with van der Waals surface area (Å²) >= 11 is 0. The first-order valence-electron chi connectivity index (χ1n) is 10.5. The summed E-state index contributed by atoms with van der Waals surface area (Å²) in [5.41, 5.74) is 2.79. The molecule has 0 atom stereocenters. The van der Waals surface area contributed by atoms with Gasteiger partial charge in [0.15, 0.2) is 11.5 Å². The average Bonchev–Trinajstić information content (AvgIpc) is 3.45. The van der Waals surface area contributed by atoms with Crippen LogP contribution in [0.3, 0.4) is 0 Å². The Morgan fingerprint density at radius 1 is 0.933 bits per heavy atom. The number of para-hydroxylation sites is 2. The molecule has 0 unspecified atom stereocenters. The molecule has 0 radical (unpaired) electrons. The highest BCUT2D eigenvalue weighted by molar-refractivity contribution is 5.76. The zero-order valence-electron chi connectivity index (χ0n) is 16.8. The Hall–Kier alpha value is -3.34. The largest absolute Gasteiger partial charge is 0.461 e. The maximum Gasteiger partial charge on any atom is 0.223 e. The molecule has 5 nitrogen and oxygen atoms in total. The number of carbonyl (C=O) groups excluding carboxylic acids is 1. The van der Waals surface area contributed by atoms with E-state index in [4.69, 9.17) is 8.83 Å². The lowest BCUT2D eigenvalue weighted by atomic mass is 9.96.